The average molecular weight is 345 g/mol. The summed E-state index contributed by atoms with van der Waals surface area (Å²) in [6.07, 6.45) is 0.527. The quantitative estimate of drug-likeness (QED) is 0.748. The van der Waals surface area contributed by atoms with Gasteiger partial charge in [-0.2, -0.15) is 0 Å². The third-order valence-electron chi connectivity index (χ3n) is 3.91. The molecule has 1 aliphatic heterocycles. The van der Waals surface area contributed by atoms with Gasteiger partial charge < -0.3 is 10.2 Å². The molecule has 0 fully saturated rings. The predicted molar refractivity (Wildman–Crippen MR) is 92.0 cm³/mol. The van der Waals surface area contributed by atoms with Crippen LogP contribution in [0.2, 0.25) is 0 Å². The Morgan fingerprint density at radius 2 is 1.68 bits per heavy atom. The molecule has 0 aromatic heterocycles. The molecule has 1 heterocycles. The van der Waals surface area contributed by atoms with Crippen LogP contribution in [0.25, 0.3) is 0 Å². The van der Waals surface area contributed by atoms with E-state index < -0.39 is 0 Å². The van der Waals surface area contributed by atoms with E-state index in [4.69, 9.17) is 0 Å². The molecule has 25 heavy (non-hydrogen) atoms. The Hall–Kier alpha value is -2.70. The summed E-state index contributed by atoms with van der Waals surface area (Å²) in [5, 5.41) is 2.72. The number of benzene rings is 1. The Balaban J connectivity index is 1.81. The van der Waals surface area contributed by atoms with Gasteiger partial charge in [-0.1, -0.05) is 12.1 Å². The molecule has 7 heteroatoms. The lowest BCUT2D eigenvalue weighted by atomic mass is 10.1. The van der Waals surface area contributed by atoms with Gasteiger partial charge in [0.2, 0.25) is 11.8 Å². The van der Waals surface area contributed by atoms with Crippen molar-refractivity contribution in [3.8, 4) is 0 Å². The third kappa shape index (κ3) is 4.43. The summed E-state index contributed by atoms with van der Waals surface area (Å²) in [5.41, 5.74) is 0.808. The number of carbonyl (C=O) groups excluding carboxylic acids is 4. The van der Waals surface area contributed by atoms with Gasteiger partial charge in [-0.25, -0.2) is 0 Å². The van der Waals surface area contributed by atoms with Crippen molar-refractivity contribution in [2.75, 3.05) is 20.1 Å². The Kier molecular flexibility index (Phi) is 5.90. The first kappa shape index (κ1) is 18.6. The minimum Gasteiger partial charge on any atom is -0.352 e. The second-order valence-corrected chi connectivity index (χ2v) is 6.38. The molecule has 0 spiro atoms. The van der Waals surface area contributed by atoms with E-state index in [1.165, 1.54) is 9.80 Å². The maximum atomic E-state index is 12.2. The van der Waals surface area contributed by atoms with Crippen molar-refractivity contribution < 1.29 is 19.2 Å². The van der Waals surface area contributed by atoms with Crippen molar-refractivity contribution in [2.45, 2.75) is 32.7 Å². The van der Waals surface area contributed by atoms with Crippen molar-refractivity contribution in [2.24, 2.45) is 0 Å². The Morgan fingerprint density at radius 3 is 2.20 bits per heavy atom. The number of hydrogen-bond acceptors (Lipinski definition) is 4. The molecule has 0 unspecified atom stereocenters. The highest BCUT2D eigenvalue weighted by molar-refractivity contribution is 6.21. The monoisotopic (exact) mass is 345 g/mol. The molecule has 0 atom stereocenters. The summed E-state index contributed by atoms with van der Waals surface area (Å²) < 4.78 is 0. The van der Waals surface area contributed by atoms with Gasteiger partial charge in [-0.15, -0.1) is 0 Å². The van der Waals surface area contributed by atoms with E-state index in [0.29, 0.717) is 17.5 Å². The Labute approximate surface area is 147 Å². The summed E-state index contributed by atoms with van der Waals surface area (Å²) >= 11 is 0. The smallest absolute Gasteiger partial charge is 0.261 e. The fourth-order valence-corrected chi connectivity index (χ4v) is 2.69. The van der Waals surface area contributed by atoms with Gasteiger partial charge in [-0.05, 0) is 32.4 Å². The maximum absolute atomic E-state index is 12.2. The average Bonchev–Trinajstić information content (AvgIpc) is 2.79. The molecule has 1 aromatic rings. The van der Waals surface area contributed by atoms with Crippen molar-refractivity contribution >= 4 is 23.6 Å². The van der Waals surface area contributed by atoms with Crippen LogP contribution in [0.3, 0.4) is 0 Å². The van der Waals surface area contributed by atoms with Crippen molar-refractivity contribution in [3.05, 3.63) is 35.4 Å². The molecule has 0 radical (unpaired) electrons. The molecule has 0 saturated heterocycles. The van der Waals surface area contributed by atoms with Crippen LogP contribution in [0, 0.1) is 0 Å². The first-order valence-corrected chi connectivity index (χ1v) is 8.29. The maximum Gasteiger partial charge on any atom is 0.261 e. The number of amides is 4. The number of nitrogens with zero attached hydrogens (tertiary/aromatic N) is 2. The van der Waals surface area contributed by atoms with Gasteiger partial charge >= 0.3 is 0 Å². The first-order valence-electron chi connectivity index (χ1n) is 8.29. The summed E-state index contributed by atoms with van der Waals surface area (Å²) in [6.45, 7) is 3.87. The van der Waals surface area contributed by atoms with Gasteiger partial charge in [0.15, 0.2) is 0 Å². The summed E-state index contributed by atoms with van der Waals surface area (Å²) in [6, 6.07) is 6.70. The second kappa shape index (κ2) is 7.92. The zero-order valence-electron chi connectivity index (χ0n) is 14.7. The van der Waals surface area contributed by atoms with E-state index in [9.17, 15) is 19.2 Å². The molecular formula is C18H23N3O4. The van der Waals surface area contributed by atoms with E-state index in [0.717, 1.165) is 0 Å². The highest BCUT2D eigenvalue weighted by atomic mass is 16.2. The molecule has 2 rings (SSSR count). The van der Waals surface area contributed by atoms with E-state index >= 15 is 0 Å². The second-order valence-electron chi connectivity index (χ2n) is 6.38. The third-order valence-corrected chi connectivity index (χ3v) is 3.91. The van der Waals surface area contributed by atoms with Crippen molar-refractivity contribution in [3.63, 3.8) is 0 Å². The van der Waals surface area contributed by atoms with E-state index in [1.54, 1.807) is 31.3 Å². The Bertz CT molecular complexity index is 664. The van der Waals surface area contributed by atoms with Crippen LogP contribution >= 0.6 is 0 Å². The summed E-state index contributed by atoms with van der Waals surface area (Å²) in [5.74, 6) is -1.06. The van der Waals surface area contributed by atoms with Gasteiger partial charge in [0.05, 0.1) is 17.7 Å². The minimum atomic E-state index is -0.322. The van der Waals surface area contributed by atoms with Gasteiger partial charge in [0, 0.05) is 26.1 Å². The zero-order chi connectivity index (χ0) is 18.6. The van der Waals surface area contributed by atoms with Crippen LogP contribution in [0.1, 0.15) is 47.4 Å². The summed E-state index contributed by atoms with van der Waals surface area (Å²) in [4.78, 5) is 50.7. The van der Waals surface area contributed by atoms with E-state index in [2.05, 4.69) is 5.32 Å². The number of rotatable bonds is 7. The molecule has 0 aliphatic carbocycles. The molecular weight excluding hydrogens is 322 g/mol. The topological polar surface area (TPSA) is 86.8 Å². The highest BCUT2D eigenvalue weighted by Gasteiger charge is 2.34. The summed E-state index contributed by atoms with van der Waals surface area (Å²) in [7, 11) is 1.56. The molecule has 1 aliphatic rings. The molecule has 1 N–H and O–H groups in total. The highest BCUT2D eigenvalue weighted by Crippen LogP contribution is 2.22. The lowest BCUT2D eigenvalue weighted by Gasteiger charge is -2.19. The fraction of sp³-hybridized carbons (Fsp3) is 0.444. The normalized spacial score (nSPS) is 13.2. The number of imide groups is 1. The molecule has 0 saturated carbocycles. The van der Waals surface area contributed by atoms with Gasteiger partial charge in [-0.3, -0.25) is 24.1 Å². The number of fused-ring (bicyclic) bond motifs is 1. The fourth-order valence-electron chi connectivity index (χ4n) is 2.69. The standard InChI is InChI=1S/C18H23N3O4/c1-12(2)19-15(22)11-20(3)16(23)9-6-10-21-17(24)13-7-4-5-8-14(13)18(21)25/h4-5,7-8,12H,6,9-11H2,1-3H3,(H,19,22). The van der Waals surface area contributed by atoms with Crippen LogP contribution in [0.4, 0.5) is 0 Å². The molecule has 134 valence electrons. The number of likely N-dealkylation sites (N-methyl/N-ethyl adjacent to an activating group) is 1. The molecule has 4 amide bonds. The SMILES string of the molecule is CC(C)NC(=O)CN(C)C(=O)CCCN1C(=O)c2ccccc2C1=O. The van der Waals surface area contributed by atoms with Crippen LogP contribution in [-0.4, -0.2) is 59.6 Å². The first-order chi connectivity index (χ1) is 11.8. The number of hydrogen-bond donors (Lipinski definition) is 1. The van der Waals surface area contributed by atoms with Gasteiger partial charge in [0.1, 0.15) is 0 Å². The van der Waals surface area contributed by atoms with E-state index in [1.807, 2.05) is 13.8 Å². The lowest BCUT2D eigenvalue weighted by Crippen LogP contribution is -2.41. The Morgan fingerprint density at radius 1 is 1.12 bits per heavy atom. The minimum absolute atomic E-state index is 0.00989. The number of nitrogens with one attached hydrogen (secondary N) is 1. The van der Waals surface area contributed by atoms with Gasteiger partial charge in [0.25, 0.3) is 11.8 Å². The van der Waals surface area contributed by atoms with Crippen LogP contribution in [-0.2, 0) is 9.59 Å². The molecule has 1 aromatic carbocycles. The van der Waals surface area contributed by atoms with Crippen molar-refractivity contribution in [1.29, 1.82) is 0 Å². The molecule has 0 bridgehead atoms. The largest absolute Gasteiger partial charge is 0.352 e. The van der Waals surface area contributed by atoms with E-state index in [-0.39, 0.29) is 49.2 Å². The van der Waals surface area contributed by atoms with Crippen LogP contribution in [0.5, 0.6) is 0 Å². The lowest BCUT2D eigenvalue weighted by molar-refractivity contribution is -0.135. The predicted octanol–water partition coefficient (Wildman–Crippen LogP) is 1.05. The van der Waals surface area contributed by atoms with Crippen LogP contribution in [0.15, 0.2) is 24.3 Å². The zero-order valence-corrected chi connectivity index (χ0v) is 14.7. The van der Waals surface area contributed by atoms with Crippen molar-refractivity contribution in [1.82, 2.24) is 15.1 Å². The van der Waals surface area contributed by atoms with Crippen LogP contribution < -0.4 is 5.32 Å². The molecule has 7 nitrogen and oxygen atoms in total. The number of carbonyl (C=O) groups is 4.